The van der Waals surface area contributed by atoms with Crippen LogP contribution < -0.4 is 15.2 Å². The molecule has 2 unspecified atom stereocenters. The Bertz CT molecular complexity index is 475. The molecule has 1 aromatic carbocycles. The maximum atomic E-state index is 12.3. The van der Waals surface area contributed by atoms with Gasteiger partial charge in [-0.25, -0.2) is 0 Å². The molecule has 0 radical (unpaired) electrons. The molecule has 0 spiro atoms. The lowest BCUT2D eigenvalue weighted by Gasteiger charge is -2.38. The standard InChI is InChI=1S/C17H26N2O3/c1-13-7-9-19(14(11-13)12-18)17(20)8-10-22-16-5-3-15(21-2)4-6-16/h3-6,13-14H,7-12,18H2,1-2H3. The summed E-state index contributed by atoms with van der Waals surface area (Å²) in [5.41, 5.74) is 5.80. The monoisotopic (exact) mass is 306 g/mol. The SMILES string of the molecule is COc1ccc(OCCC(=O)N2CCC(C)CC2CN)cc1. The smallest absolute Gasteiger partial charge is 0.226 e. The molecule has 2 N–H and O–H groups in total. The summed E-state index contributed by atoms with van der Waals surface area (Å²) in [6.07, 6.45) is 2.44. The Morgan fingerprint density at radius 1 is 1.32 bits per heavy atom. The number of piperidine rings is 1. The van der Waals surface area contributed by atoms with Crippen LogP contribution in [0, 0.1) is 5.92 Å². The van der Waals surface area contributed by atoms with Gasteiger partial charge >= 0.3 is 0 Å². The van der Waals surface area contributed by atoms with Gasteiger partial charge in [-0.3, -0.25) is 4.79 Å². The summed E-state index contributed by atoms with van der Waals surface area (Å²) in [6, 6.07) is 7.54. The number of methoxy groups -OCH3 is 1. The maximum absolute atomic E-state index is 12.3. The van der Waals surface area contributed by atoms with E-state index in [2.05, 4.69) is 6.92 Å². The van der Waals surface area contributed by atoms with Crippen molar-refractivity contribution in [3.8, 4) is 11.5 Å². The zero-order chi connectivity index (χ0) is 15.9. The van der Waals surface area contributed by atoms with Crippen LogP contribution in [0.25, 0.3) is 0 Å². The molecule has 122 valence electrons. The van der Waals surface area contributed by atoms with E-state index in [-0.39, 0.29) is 11.9 Å². The van der Waals surface area contributed by atoms with Crippen LogP contribution in [0.15, 0.2) is 24.3 Å². The zero-order valence-corrected chi connectivity index (χ0v) is 13.5. The number of hydrogen-bond acceptors (Lipinski definition) is 4. The summed E-state index contributed by atoms with van der Waals surface area (Å²) in [7, 11) is 1.63. The minimum absolute atomic E-state index is 0.135. The van der Waals surface area contributed by atoms with Crippen LogP contribution >= 0.6 is 0 Å². The highest BCUT2D eigenvalue weighted by atomic mass is 16.5. The van der Waals surface area contributed by atoms with Gasteiger partial charge in [-0.2, -0.15) is 0 Å². The lowest BCUT2D eigenvalue weighted by atomic mass is 9.92. The van der Waals surface area contributed by atoms with Gasteiger partial charge in [0.2, 0.25) is 5.91 Å². The number of amides is 1. The highest BCUT2D eigenvalue weighted by Crippen LogP contribution is 2.23. The lowest BCUT2D eigenvalue weighted by Crippen LogP contribution is -2.49. The van der Waals surface area contributed by atoms with Crippen LogP contribution in [-0.2, 0) is 4.79 Å². The first kappa shape index (κ1) is 16.6. The predicted octanol–water partition coefficient (Wildman–Crippen LogP) is 2.05. The van der Waals surface area contributed by atoms with Gasteiger partial charge in [0.15, 0.2) is 0 Å². The number of nitrogens with zero attached hydrogens (tertiary/aromatic N) is 1. The quantitative estimate of drug-likeness (QED) is 0.873. The number of rotatable bonds is 6. The third-order valence-electron chi connectivity index (χ3n) is 4.21. The summed E-state index contributed by atoms with van der Waals surface area (Å²) in [4.78, 5) is 14.3. The summed E-state index contributed by atoms with van der Waals surface area (Å²) in [5.74, 6) is 2.32. The van der Waals surface area contributed by atoms with E-state index in [9.17, 15) is 4.79 Å². The zero-order valence-electron chi connectivity index (χ0n) is 13.5. The average molecular weight is 306 g/mol. The Labute approximate surface area is 132 Å². The van der Waals surface area contributed by atoms with E-state index >= 15 is 0 Å². The first-order valence-electron chi connectivity index (χ1n) is 7.90. The van der Waals surface area contributed by atoms with E-state index in [0.29, 0.717) is 25.5 Å². The summed E-state index contributed by atoms with van der Waals surface area (Å²) in [5, 5.41) is 0. The third kappa shape index (κ3) is 4.37. The van der Waals surface area contributed by atoms with Crippen molar-refractivity contribution in [2.75, 3.05) is 26.8 Å². The molecule has 22 heavy (non-hydrogen) atoms. The molecule has 1 aromatic rings. The molecule has 1 saturated heterocycles. The van der Waals surface area contributed by atoms with Crippen molar-refractivity contribution in [2.24, 2.45) is 11.7 Å². The van der Waals surface area contributed by atoms with Crippen LogP contribution in [-0.4, -0.2) is 43.7 Å². The molecule has 2 rings (SSSR count). The Morgan fingerprint density at radius 3 is 2.64 bits per heavy atom. The van der Waals surface area contributed by atoms with Crippen molar-refractivity contribution in [3.63, 3.8) is 0 Å². The van der Waals surface area contributed by atoms with Crippen LogP contribution in [0.2, 0.25) is 0 Å². The molecule has 1 fully saturated rings. The number of benzene rings is 1. The number of ether oxygens (including phenoxy) is 2. The highest BCUT2D eigenvalue weighted by molar-refractivity contribution is 5.76. The second-order valence-corrected chi connectivity index (χ2v) is 5.88. The molecule has 0 aromatic heterocycles. The summed E-state index contributed by atoms with van der Waals surface area (Å²) in [6.45, 7) is 3.95. The number of likely N-dealkylation sites (tertiary alicyclic amines) is 1. The Hall–Kier alpha value is -1.75. The van der Waals surface area contributed by atoms with Gasteiger partial charge in [0.1, 0.15) is 11.5 Å². The van der Waals surface area contributed by atoms with Crippen molar-refractivity contribution in [1.82, 2.24) is 4.90 Å². The molecule has 1 amide bonds. The molecule has 0 aliphatic carbocycles. The molecule has 2 atom stereocenters. The van der Waals surface area contributed by atoms with Crippen molar-refractivity contribution in [1.29, 1.82) is 0 Å². The molecule has 0 bridgehead atoms. The Kier molecular flexibility index (Phi) is 6.07. The number of nitrogens with two attached hydrogens (primary N) is 1. The van der Waals surface area contributed by atoms with E-state index < -0.39 is 0 Å². The second-order valence-electron chi connectivity index (χ2n) is 5.88. The van der Waals surface area contributed by atoms with Gasteiger partial charge in [-0.1, -0.05) is 6.92 Å². The van der Waals surface area contributed by atoms with Gasteiger partial charge in [-0.05, 0) is 43.0 Å². The maximum Gasteiger partial charge on any atom is 0.226 e. The average Bonchev–Trinajstić information content (AvgIpc) is 2.55. The fourth-order valence-corrected chi connectivity index (χ4v) is 2.88. The van der Waals surface area contributed by atoms with Crippen LogP contribution in [0.3, 0.4) is 0 Å². The topological polar surface area (TPSA) is 64.8 Å². The highest BCUT2D eigenvalue weighted by Gasteiger charge is 2.28. The molecule has 5 heteroatoms. The molecular weight excluding hydrogens is 280 g/mol. The van der Waals surface area contributed by atoms with Gasteiger partial charge in [0, 0.05) is 19.1 Å². The van der Waals surface area contributed by atoms with E-state index in [1.165, 1.54) is 0 Å². The van der Waals surface area contributed by atoms with Gasteiger partial charge in [0.25, 0.3) is 0 Å². The van der Waals surface area contributed by atoms with Gasteiger partial charge in [0.05, 0.1) is 20.1 Å². The van der Waals surface area contributed by atoms with Crippen molar-refractivity contribution in [3.05, 3.63) is 24.3 Å². The minimum atomic E-state index is 0.135. The van der Waals surface area contributed by atoms with E-state index in [1.807, 2.05) is 29.2 Å². The number of carbonyl (C=O) groups excluding carboxylic acids is 1. The summed E-state index contributed by atoms with van der Waals surface area (Å²) < 4.78 is 10.7. The molecule has 0 saturated carbocycles. The number of carbonyl (C=O) groups is 1. The van der Waals surface area contributed by atoms with E-state index in [0.717, 1.165) is 30.9 Å². The second kappa shape index (κ2) is 8.03. The Balaban J connectivity index is 1.79. The Morgan fingerprint density at radius 2 is 2.00 bits per heavy atom. The first-order chi connectivity index (χ1) is 10.6. The molecule has 1 heterocycles. The van der Waals surface area contributed by atoms with Gasteiger partial charge < -0.3 is 20.1 Å². The fourth-order valence-electron chi connectivity index (χ4n) is 2.88. The number of hydrogen-bond donors (Lipinski definition) is 1. The van der Waals surface area contributed by atoms with E-state index in [1.54, 1.807) is 7.11 Å². The third-order valence-corrected chi connectivity index (χ3v) is 4.21. The molecular formula is C17H26N2O3. The normalized spacial score (nSPS) is 21.5. The first-order valence-corrected chi connectivity index (χ1v) is 7.90. The van der Waals surface area contributed by atoms with Crippen molar-refractivity contribution >= 4 is 5.91 Å². The van der Waals surface area contributed by atoms with E-state index in [4.69, 9.17) is 15.2 Å². The van der Waals surface area contributed by atoms with Crippen molar-refractivity contribution < 1.29 is 14.3 Å². The van der Waals surface area contributed by atoms with Crippen molar-refractivity contribution in [2.45, 2.75) is 32.2 Å². The lowest BCUT2D eigenvalue weighted by molar-refractivity contribution is -0.135. The minimum Gasteiger partial charge on any atom is -0.497 e. The largest absolute Gasteiger partial charge is 0.497 e. The molecule has 5 nitrogen and oxygen atoms in total. The summed E-state index contributed by atoms with van der Waals surface area (Å²) >= 11 is 0. The fraction of sp³-hybridized carbons (Fsp3) is 0.588. The molecule has 1 aliphatic heterocycles. The predicted molar refractivity (Wildman–Crippen MR) is 86.1 cm³/mol. The molecule has 1 aliphatic rings. The van der Waals surface area contributed by atoms with Crippen LogP contribution in [0.1, 0.15) is 26.2 Å². The van der Waals surface area contributed by atoms with Gasteiger partial charge in [-0.15, -0.1) is 0 Å². The van der Waals surface area contributed by atoms with Crippen LogP contribution in [0.5, 0.6) is 11.5 Å². The van der Waals surface area contributed by atoms with Crippen LogP contribution in [0.4, 0.5) is 0 Å².